The van der Waals surface area contributed by atoms with Gasteiger partial charge < -0.3 is 10.7 Å². The lowest BCUT2D eigenvalue weighted by Gasteiger charge is -2.07. The van der Waals surface area contributed by atoms with Gasteiger partial charge in [0.2, 0.25) is 0 Å². The van der Waals surface area contributed by atoms with Crippen LogP contribution in [0.15, 0.2) is 24.4 Å². The van der Waals surface area contributed by atoms with E-state index in [2.05, 4.69) is 25.7 Å². The Morgan fingerprint density at radius 1 is 1.35 bits per heavy atom. The molecule has 2 heterocycles. The number of anilines is 2. The van der Waals surface area contributed by atoms with Crippen molar-refractivity contribution < 1.29 is 4.92 Å². The van der Waals surface area contributed by atoms with Gasteiger partial charge in [0.15, 0.2) is 0 Å². The number of nitrogens with one attached hydrogen (secondary N) is 2. The molecule has 0 aliphatic rings. The van der Waals surface area contributed by atoms with Gasteiger partial charge in [-0.25, -0.2) is 20.8 Å². The van der Waals surface area contributed by atoms with E-state index in [1.807, 2.05) is 0 Å². The van der Waals surface area contributed by atoms with Gasteiger partial charge in [-0.1, -0.05) is 0 Å². The van der Waals surface area contributed by atoms with Crippen molar-refractivity contribution in [3.8, 4) is 0 Å². The average molecular weight is 275 g/mol. The number of aryl methyl sites for hydroxylation is 1. The summed E-state index contributed by atoms with van der Waals surface area (Å²) in [5, 5.41) is 13.8. The van der Waals surface area contributed by atoms with Gasteiger partial charge in [-0.3, -0.25) is 10.1 Å². The third kappa shape index (κ3) is 3.36. The summed E-state index contributed by atoms with van der Waals surface area (Å²) in [5.74, 6) is 6.43. The lowest BCUT2D eigenvalue weighted by molar-refractivity contribution is -0.384. The monoisotopic (exact) mass is 275 g/mol. The minimum atomic E-state index is -0.511. The Morgan fingerprint density at radius 3 is 2.75 bits per heavy atom. The van der Waals surface area contributed by atoms with Gasteiger partial charge in [-0.05, 0) is 13.0 Å². The number of nitrogens with zero attached hydrogens (tertiary/aromatic N) is 4. The van der Waals surface area contributed by atoms with Crippen molar-refractivity contribution in [2.75, 3.05) is 10.7 Å². The van der Waals surface area contributed by atoms with Crippen LogP contribution in [-0.4, -0.2) is 19.9 Å². The predicted octanol–water partition coefficient (Wildman–Crippen LogP) is 0.986. The fourth-order valence-electron chi connectivity index (χ4n) is 1.57. The second kappa shape index (κ2) is 5.89. The van der Waals surface area contributed by atoms with E-state index in [9.17, 15) is 10.1 Å². The molecule has 2 rings (SSSR count). The molecule has 0 radical (unpaired) electrons. The number of nitro groups is 1. The van der Waals surface area contributed by atoms with Crippen LogP contribution in [0.25, 0.3) is 0 Å². The van der Waals surface area contributed by atoms with Crippen molar-refractivity contribution in [2.24, 2.45) is 5.84 Å². The van der Waals surface area contributed by atoms with Gasteiger partial charge in [-0.15, -0.1) is 0 Å². The van der Waals surface area contributed by atoms with Crippen molar-refractivity contribution in [1.82, 2.24) is 15.0 Å². The van der Waals surface area contributed by atoms with E-state index >= 15 is 0 Å². The van der Waals surface area contributed by atoms with E-state index in [0.717, 1.165) is 5.69 Å². The van der Waals surface area contributed by atoms with E-state index in [1.54, 1.807) is 19.2 Å². The second-order valence-electron chi connectivity index (χ2n) is 3.95. The van der Waals surface area contributed by atoms with Crippen molar-refractivity contribution in [3.05, 3.63) is 46.0 Å². The number of hydrogen-bond acceptors (Lipinski definition) is 8. The highest BCUT2D eigenvalue weighted by Crippen LogP contribution is 2.20. The molecule has 2 aromatic heterocycles. The Hall–Kier alpha value is -2.81. The quantitative estimate of drug-likeness (QED) is 0.418. The van der Waals surface area contributed by atoms with Gasteiger partial charge >= 0.3 is 0 Å². The number of rotatable bonds is 5. The molecule has 9 nitrogen and oxygen atoms in total. The highest BCUT2D eigenvalue weighted by Gasteiger charge is 2.10. The maximum absolute atomic E-state index is 10.8. The van der Waals surface area contributed by atoms with Crippen LogP contribution in [0, 0.1) is 17.0 Å². The Kier molecular flexibility index (Phi) is 4.01. The number of aromatic nitrogens is 3. The molecule has 0 amide bonds. The Labute approximate surface area is 114 Å². The maximum Gasteiger partial charge on any atom is 0.276 e. The Morgan fingerprint density at radius 2 is 2.10 bits per heavy atom. The molecule has 0 aliphatic heterocycles. The number of nitrogen functional groups attached to an aromatic ring is 1. The average Bonchev–Trinajstić information content (AvgIpc) is 2.45. The number of nitrogens with two attached hydrogens (primary N) is 1. The summed E-state index contributed by atoms with van der Waals surface area (Å²) in [4.78, 5) is 22.6. The smallest absolute Gasteiger partial charge is 0.276 e. The first-order chi connectivity index (χ1) is 9.58. The molecule has 0 saturated heterocycles. The standard InChI is InChI=1S/C11H13N7O2/c1-7-13-3-2-8(15-7)6-14-10-4-9(18(19)20)5-11(16-10)17-12/h2-5H,6,12H2,1H3,(H2,14,16,17). The Balaban J connectivity index is 2.16. The van der Waals surface area contributed by atoms with E-state index < -0.39 is 4.92 Å². The van der Waals surface area contributed by atoms with Gasteiger partial charge in [0.25, 0.3) is 5.69 Å². The molecular weight excluding hydrogens is 262 g/mol. The zero-order valence-corrected chi connectivity index (χ0v) is 10.7. The molecule has 4 N–H and O–H groups in total. The van der Waals surface area contributed by atoms with Gasteiger partial charge in [0.1, 0.15) is 17.5 Å². The van der Waals surface area contributed by atoms with Crippen LogP contribution in [0.3, 0.4) is 0 Å². The molecule has 0 fully saturated rings. The van der Waals surface area contributed by atoms with Crippen LogP contribution in [0.5, 0.6) is 0 Å². The number of pyridine rings is 1. The summed E-state index contributed by atoms with van der Waals surface area (Å²) in [5.41, 5.74) is 2.94. The maximum atomic E-state index is 10.8. The van der Waals surface area contributed by atoms with Crippen molar-refractivity contribution >= 4 is 17.3 Å². The second-order valence-corrected chi connectivity index (χ2v) is 3.95. The molecular formula is C11H13N7O2. The highest BCUT2D eigenvalue weighted by molar-refractivity contribution is 5.54. The fourth-order valence-corrected chi connectivity index (χ4v) is 1.57. The zero-order chi connectivity index (χ0) is 14.5. The van der Waals surface area contributed by atoms with Crippen molar-refractivity contribution in [3.63, 3.8) is 0 Å². The van der Waals surface area contributed by atoms with Crippen LogP contribution in [0.4, 0.5) is 17.3 Å². The summed E-state index contributed by atoms with van der Waals surface area (Å²) in [6, 6.07) is 4.33. The molecule has 0 aliphatic carbocycles. The topological polar surface area (TPSA) is 132 Å². The molecule has 0 spiro atoms. The van der Waals surface area contributed by atoms with Crippen LogP contribution in [0.1, 0.15) is 11.5 Å². The van der Waals surface area contributed by atoms with E-state index in [1.165, 1.54) is 12.1 Å². The molecule has 0 aromatic carbocycles. The molecule has 0 bridgehead atoms. The largest absolute Gasteiger partial charge is 0.364 e. The first-order valence-corrected chi connectivity index (χ1v) is 5.74. The van der Waals surface area contributed by atoms with Crippen LogP contribution < -0.4 is 16.6 Å². The SMILES string of the molecule is Cc1nccc(CNc2cc([N+](=O)[O-])cc(NN)n2)n1. The fraction of sp³-hybridized carbons (Fsp3) is 0.182. The molecule has 0 saturated carbocycles. The van der Waals surface area contributed by atoms with E-state index in [0.29, 0.717) is 18.2 Å². The zero-order valence-electron chi connectivity index (χ0n) is 10.7. The van der Waals surface area contributed by atoms with Gasteiger partial charge in [-0.2, -0.15) is 0 Å². The van der Waals surface area contributed by atoms with E-state index in [4.69, 9.17) is 5.84 Å². The highest BCUT2D eigenvalue weighted by atomic mass is 16.6. The summed E-state index contributed by atoms with van der Waals surface area (Å²) >= 11 is 0. The summed E-state index contributed by atoms with van der Waals surface area (Å²) < 4.78 is 0. The summed E-state index contributed by atoms with van der Waals surface area (Å²) in [6.07, 6.45) is 1.65. The van der Waals surface area contributed by atoms with Gasteiger partial charge in [0.05, 0.1) is 29.3 Å². The molecule has 104 valence electrons. The normalized spacial score (nSPS) is 10.1. The third-order valence-electron chi connectivity index (χ3n) is 2.45. The predicted molar refractivity (Wildman–Crippen MR) is 72.8 cm³/mol. The summed E-state index contributed by atoms with van der Waals surface area (Å²) in [6.45, 7) is 2.16. The lowest BCUT2D eigenvalue weighted by Crippen LogP contribution is -2.11. The Bertz CT molecular complexity index is 632. The molecule has 20 heavy (non-hydrogen) atoms. The number of hydrazine groups is 1. The molecule has 0 unspecified atom stereocenters. The third-order valence-corrected chi connectivity index (χ3v) is 2.45. The van der Waals surface area contributed by atoms with E-state index in [-0.39, 0.29) is 11.5 Å². The minimum Gasteiger partial charge on any atom is -0.364 e. The van der Waals surface area contributed by atoms with Crippen molar-refractivity contribution in [1.29, 1.82) is 0 Å². The van der Waals surface area contributed by atoms with Crippen LogP contribution in [0.2, 0.25) is 0 Å². The number of hydrogen-bond donors (Lipinski definition) is 3. The lowest BCUT2D eigenvalue weighted by atomic mass is 10.3. The van der Waals surface area contributed by atoms with Crippen LogP contribution >= 0.6 is 0 Å². The molecule has 9 heteroatoms. The van der Waals surface area contributed by atoms with Crippen molar-refractivity contribution in [2.45, 2.75) is 13.5 Å². The van der Waals surface area contributed by atoms with Gasteiger partial charge in [0, 0.05) is 6.20 Å². The summed E-state index contributed by atoms with van der Waals surface area (Å²) in [7, 11) is 0. The first-order valence-electron chi connectivity index (χ1n) is 5.74. The van der Waals surface area contributed by atoms with Crippen LogP contribution in [-0.2, 0) is 6.54 Å². The molecule has 2 aromatic rings. The minimum absolute atomic E-state index is 0.102. The first kappa shape index (κ1) is 13.6. The molecule has 0 atom stereocenters.